The fraction of sp³-hybridized carbons (Fsp3) is 0. The molecule has 0 aliphatic carbocycles. The molecule has 0 atom stereocenters. The van der Waals surface area contributed by atoms with Crippen LogP contribution in [0.15, 0.2) is 36.4 Å². The van der Waals surface area contributed by atoms with Gasteiger partial charge in [-0.15, -0.1) is 0 Å². The van der Waals surface area contributed by atoms with Crippen LogP contribution in [0.4, 0.5) is 0 Å². The molecule has 4 heteroatoms. The molecule has 0 saturated carbocycles. The van der Waals surface area contributed by atoms with Crippen LogP contribution in [0.3, 0.4) is 0 Å². The molecular weight excluding hydrogens is 426 g/mol. The third-order valence-corrected chi connectivity index (χ3v) is 3.65. The SMILES string of the molecule is Ic1ccc2ccc3ccc(I)nc3c2n1. The highest BCUT2D eigenvalue weighted by molar-refractivity contribution is 14.1. The summed E-state index contributed by atoms with van der Waals surface area (Å²) in [5, 5.41) is 2.28. The van der Waals surface area contributed by atoms with E-state index >= 15 is 0 Å². The average molecular weight is 432 g/mol. The molecule has 78 valence electrons. The number of fused-ring (bicyclic) bond motifs is 3. The molecule has 3 aromatic rings. The van der Waals surface area contributed by atoms with Crippen molar-refractivity contribution in [2.75, 3.05) is 0 Å². The van der Waals surface area contributed by atoms with E-state index in [0.29, 0.717) is 0 Å². The number of aromatic nitrogens is 2. The first-order valence-electron chi connectivity index (χ1n) is 4.75. The van der Waals surface area contributed by atoms with E-state index in [9.17, 15) is 0 Å². The zero-order valence-corrected chi connectivity index (χ0v) is 12.4. The lowest BCUT2D eigenvalue weighted by atomic mass is 10.1. The average Bonchev–Trinajstić information content (AvgIpc) is 2.29. The van der Waals surface area contributed by atoms with Crippen molar-refractivity contribution in [2.45, 2.75) is 0 Å². The predicted octanol–water partition coefficient (Wildman–Crippen LogP) is 3.99. The lowest BCUT2D eigenvalue weighted by molar-refractivity contribution is 1.31. The van der Waals surface area contributed by atoms with Crippen LogP contribution in [0, 0.1) is 7.40 Å². The first-order chi connectivity index (χ1) is 7.74. The van der Waals surface area contributed by atoms with Gasteiger partial charge in [0, 0.05) is 10.8 Å². The summed E-state index contributed by atoms with van der Waals surface area (Å²) < 4.78 is 2.00. The lowest BCUT2D eigenvalue weighted by Crippen LogP contribution is -1.88. The summed E-state index contributed by atoms with van der Waals surface area (Å²) >= 11 is 4.46. The zero-order chi connectivity index (χ0) is 11.1. The number of rotatable bonds is 0. The summed E-state index contributed by atoms with van der Waals surface area (Å²) in [4.78, 5) is 9.13. The van der Waals surface area contributed by atoms with E-state index in [4.69, 9.17) is 0 Å². The molecule has 0 saturated heterocycles. The Kier molecular flexibility index (Phi) is 2.70. The molecule has 0 N–H and O–H groups in total. The Balaban J connectivity index is 2.55. The van der Waals surface area contributed by atoms with Crippen LogP contribution in [0.2, 0.25) is 0 Å². The number of nitrogens with zero attached hydrogens (tertiary/aromatic N) is 2. The van der Waals surface area contributed by atoms with Gasteiger partial charge < -0.3 is 0 Å². The minimum Gasteiger partial charge on any atom is -0.240 e. The van der Waals surface area contributed by atoms with Crippen molar-refractivity contribution >= 4 is 67.0 Å². The van der Waals surface area contributed by atoms with Crippen molar-refractivity contribution < 1.29 is 0 Å². The Morgan fingerprint density at radius 3 is 1.44 bits per heavy atom. The van der Waals surface area contributed by atoms with Crippen molar-refractivity contribution in [1.29, 1.82) is 0 Å². The minimum absolute atomic E-state index is 0.989. The van der Waals surface area contributed by atoms with E-state index in [2.05, 4.69) is 79.4 Å². The van der Waals surface area contributed by atoms with Crippen LogP contribution in [0.5, 0.6) is 0 Å². The molecule has 0 fully saturated rings. The van der Waals surface area contributed by atoms with Crippen LogP contribution in [0.1, 0.15) is 0 Å². The van der Waals surface area contributed by atoms with Crippen molar-refractivity contribution in [3.63, 3.8) is 0 Å². The monoisotopic (exact) mass is 432 g/mol. The Morgan fingerprint density at radius 1 is 0.625 bits per heavy atom. The van der Waals surface area contributed by atoms with Gasteiger partial charge in [0.2, 0.25) is 0 Å². The number of pyridine rings is 2. The molecule has 0 unspecified atom stereocenters. The molecule has 16 heavy (non-hydrogen) atoms. The summed E-state index contributed by atoms with van der Waals surface area (Å²) in [6.45, 7) is 0. The number of benzene rings is 1. The van der Waals surface area contributed by atoms with Crippen LogP contribution in [0.25, 0.3) is 21.8 Å². The lowest BCUT2D eigenvalue weighted by Gasteiger charge is -2.03. The minimum atomic E-state index is 0.989. The van der Waals surface area contributed by atoms with Crippen molar-refractivity contribution in [2.24, 2.45) is 0 Å². The quantitative estimate of drug-likeness (QED) is 0.305. The second-order valence-electron chi connectivity index (χ2n) is 3.48. The van der Waals surface area contributed by atoms with Crippen LogP contribution in [-0.2, 0) is 0 Å². The molecule has 2 aromatic heterocycles. The normalized spacial score (nSPS) is 11.1. The van der Waals surface area contributed by atoms with Gasteiger partial charge in [-0.05, 0) is 57.3 Å². The fourth-order valence-corrected chi connectivity index (χ4v) is 2.56. The number of hydrogen-bond acceptors (Lipinski definition) is 2. The van der Waals surface area contributed by atoms with E-state index < -0.39 is 0 Å². The van der Waals surface area contributed by atoms with Gasteiger partial charge >= 0.3 is 0 Å². The molecule has 0 aliphatic heterocycles. The second kappa shape index (κ2) is 4.06. The fourth-order valence-electron chi connectivity index (χ4n) is 1.72. The third-order valence-electron chi connectivity index (χ3n) is 2.45. The maximum absolute atomic E-state index is 4.57. The van der Waals surface area contributed by atoms with Gasteiger partial charge in [-0.3, -0.25) is 0 Å². The Labute approximate surface area is 120 Å². The van der Waals surface area contributed by atoms with Crippen molar-refractivity contribution in [1.82, 2.24) is 9.97 Å². The second-order valence-corrected chi connectivity index (χ2v) is 5.69. The molecule has 2 heterocycles. The van der Waals surface area contributed by atoms with E-state index in [1.165, 1.54) is 0 Å². The van der Waals surface area contributed by atoms with Gasteiger partial charge in [0.05, 0.1) is 11.0 Å². The summed E-state index contributed by atoms with van der Waals surface area (Å²) in [7, 11) is 0. The number of halogens is 2. The molecule has 1 aromatic carbocycles. The van der Waals surface area contributed by atoms with Gasteiger partial charge in [-0.1, -0.05) is 24.3 Å². The van der Waals surface area contributed by atoms with Crippen LogP contribution in [-0.4, -0.2) is 9.97 Å². The number of hydrogen-bond donors (Lipinski definition) is 0. The molecule has 0 spiro atoms. The summed E-state index contributed by atoms with van der Waals surface area (Å²) in [6.07, 6.45) is 0. The maximum Gasteiger partial charge on any atom is 0.102 e. The standard InChI is InChI=1S/C12H6I2N2/c13-9-5-3-7-1-2-8-4-6-10(14)16-12(8)11(7)15-9/h1-6H. The van der Waals surface area contributed by atoms with Crippen molar-refractivity contribution in [3.8, 4) is 0 Å². The predicted molar refractivity (Wildman–Crippen MR) is 82.5 cm³/mol. The molecule has 0 radical (unpaired) electrons. The van der Waals surface area contributed by atoms with Gasteiger partial charge in [0.1, 0.15) is 7.40 Å². The highest BCUT2D eigenvalue weighted by Gasteiger charge is 2.04. The first-order valence-corrected chi connectivity index (χ1v) is 6.91. The van der Waals surface area contributed by atoms with Gasteiger partial charge in [-0.2, -0.15) is 0 Å². The van der Waals surface area contributed by atoms with Gasteiger partial charge in [-0.25, -0.2) is 9.97 Å². The molecule has 0 bridgehead atoms. The molecule has 3 rings (SSSR count). The smallest absolute Gasteiger partial charge is 0.102 e. The largest absolute Gasteiger partial charge is 0.240 e. The Morgan fingerprint density at radius 2 is 1.00 bits per heavy atom. The summed E-state index contributed by atoms with van der Waals surface area (Å²) in [5.74, 6) is 0. The molecule has 0 amide bonds. The van der Waals surface area contributed by atoms with Gasteiger partial charge in [0.15, 0.2) is 0 Å². The molecular formula is C12H6I2N2. The third kappa shape index (κ3) is 1.77. The highest BCUT2D eigenvalue weighted by Crippen LogP contribution is 2.23. The van der Waals surface area contributed by atoms with E-state index in [1.54, 1.807) is 0 Å². The summed E-state index contributed by atoms with van der Waals surface area (Å²) in [6, 6.07) is 12.4. The topological polar surface area (TPSA) is 25.8 Å². The molecule has 0 aliphatic rings. The Bertz CT molecular complexity index is 634. The van der Waals surface area contributed by atoms with E-state index in [1.807, 2.05) is 12.1 Å². The van der Waals surface area contributed by atoms with Crippen molar-refractivity contribution in [3.05, 3.63) is 43.8 Å². The maximum atomic E-state index is 4.57. The summed E-state index contributed by atoms with van der Waals surface area (Å²) in [5.41, 5.74) is 1.98. The van der Waals surface area contributed by atoms with Gasteiger partial charge in [0.25, 0.3) is 0 Å². The zero-order valence-electron chi connectivity index (χ0n) is 8.11. The molecule has 2 nitrogen and oxygen atoms in total. The first kappa shape index (κ1) is 10.6. The van der Waals surface area contributed by atoms with E-state index in [0.717, 1.165) is 29.2 Å². The Hall–Kier alpha value is -0.500. The van der Waals surface area contributed by atoms with Crippen LogP contribution < -0.4 is 0 Å². The van der Waals surface area contributed by atoms with Crippen LogP contribution >= 0.6 is 45.2 Å². The highest BCUT2D eigenvalue weighted by atomic mass is 127. The van der Waals surface area contributed by atoms with E-state index in [-0.39, 0.29) is 0 Å².